The summed E-state index contributed by atoms with van der Waals surface area (Å²) in [5.41, 5.74) is -1.01. The molecule has 1 atom stereocenters. The van der Waals surface area contributed by atoms with Crippen LogP contribution in [0.5, 0.6) is 0 Å². The monoisotopic (exact) mass is 285 g/mol. The van der Waals surface area contributed by atoms with Gasteiger partial charge in [0.1, 0.15) is 17.6 Å². The van der Waals surface area contributed by atoms with Crippen molar-refractivity contribution in [2.45, 2.75) is 39.9 Å². The molecule has 0 N–H and O–H groups in total. The zero-order chi connectivity index (χ0) is 15.7. The average molecular weight is 285 g/mol. The summed E-state index contributed by atoms with van der Waals surface area (Å²) < 4.78 is 38.2. The second-order valence-corrected chi connectivity index (χ2v) is 5.83. The summed E-state index contributed by atoms with van der Waals surface area (Å²) >= 11 is 0. The van der Waals surface area contributed by atoms with Crippen LogP contribution in [0.25, 0.3) is 0 Å². The second-order valence-electron chi connectivity index (χ2n) is 5.83. The normalized spacial score (nSPS) is 13.8. The summed E-state index contributed by atoms with van der Waals surface area (Å²) in [4.78, 5) is 5.25. The van der Waals surface area contributed by atoms with Gasteiger partial charge >= 0.3 is 6.18 Å². The molecule has 0 aliphatic heterocycles. The maximum atomic E-state index is 12.7. The molecular weight excluding hydrogens is 267 g/mol. The number of anilines is 1. The van der Waals surface area contributed by atoms with Gasteiger partial charge in [-0.15, -0.1) is 0 Å². The first-order valence-corrected chi connectivity index (χ1v) is 6.19. The highest BCUT2D eigenvalue weighted by Gasteiger charge is 2.34. The molecule has 3 nitrogen and oxygen atoms in total. The Kier molecular flexibility index (Phi) is 4.33. The van der Waals surface area contributed by atoms with Crippen LogP contribution < -0.4 is 4.90 Å². The molecule has 110 valence electrons. The molecule has 0 aliphatic carbocycles. The van der Waals surface area contributed by atoms with E-state index < -0.39 is 11.9 Å². The second kappa shape index (κ2) is 5.31. The Morgan fingerprint density at radius 3 is 2.20 bits per heavy atom. The van der Waals surface area contributed by atoms with Crippen LogP contribution in [0.4, 0.5) is 19.0 Å². The number of hydrogen-bond acceptors (Lipinski definition) is 3. The van der Waals surface area contributed by atoms with Gasteiger partial charge in [0.25, 0.3) is 0 Å². The van der Waals surface area contributed by atoms with Crippen LogP contribution in [0, 0.1) is 16.7 Å². The van der Waals surface area contributed by atoms with Crippen molar-refractivity contribution in [1.82, 2.24) is 4.98 Å². The largest absolute Gasteiger partial charge is 0.433 e. The van der Waals surface area contributed by atoms with E-state index in [1.54, 1.807) is 11.9 Å². The zero-order valence-corrected chi connectivity index (χ0v) is 12.2. The molecule has 1 rings (SSSR count). The van der Waals surface area contributed by atoms with Gasteiger partial charge in [-0.1, -0.05) is 20.8 Å². The minimum Gasteiger partial charge on any atom is -0.355 e. The highest BCUT2D eigenvalue weighted by Crippen LogP contribution is 2.32. The van der Waals surface area contributed by atoms with Gasteiger partial charge in [-0.2, -0.15) is 18.4 Å². The SMILES string of the molecule is CC(N(C)c1nc(C(F)(F)F)ccc1C#N)C(C)(C)C. The number of hydrogen-bond donors (Lipinski definition) is 0. The fourth-order valence-electron chi connectivity index (χ4n) is 1.73. The number of aromatic nitrogens is 1. The van der Waals surface area contributed by atoms with E-state index in [4.69, 9.17) is 5.26 Å². The van der Waals surface area contributed by atoms with Crippen molar-refractivity contribution < 1.29 is 13.2 Å². The molecule has 0 saturated carbocycles. The summed E-state index contributed by atoms with van der Waals surface area (Å²) in [5.74, 6) is 0.0600. The molecule has 0 spiro atoms. The standard InChI is InChI=1S/C14H18F3N3/c1-9(13(2,3)4)20(5)12-10(8-18)6-7-11(19-12)14(15,16)17/h6-7,9H,1-5H3. The molecule has 1 unspecified atom stereocenters. The molecule has 1 aromatic heterocycles. The van der Waals surface area contributed by atoms with Gasteiger partial charge in [0.2, 0.25) is 0 Å². The van der Waals surface area contributed by atoms with Gasteiger partial charge in [-0.3, -0.25) is 0 Å². The van der Waals surface area contributed by atoms with Crippen molar-refractivity contribution in [3.05, 3.63) is 23.4 Å². The van der Waals surface area contributed by atoms with Crippen LogP contribution in [0.2, 0.25) is 0 Å². The highest BCUT2D eigenvalue weighted by atomic mass is 19.4. The van der Waals surface area contributed by atoms with E-state index in [1.165, 1.54) is 0 Å². The van der Waals surface area contributed by atoms with Crippen LogP contribution in [0.1, 0.15) is 39.0 Å². The minimum atomic E-state index is -4.52. The van der Waals surface area contributed by atoms with Crippen molar-refractivity contribution in [2.75, 3.05) is 11.9 Å². The fraction of sp³-hybridized carbons (Fsp3) is 0.571. The molecular formula is C14H18F3N3. The molecule has 0 amide bonds. The van der Waals surface area contributed by atoms with E-state index in [1.807, 2.05) is 33.8 Å². The number of rotatable bonds is 2. The number of nitrogens with zero attached hydrogens (tertiary/aromatic N) is 3. The molecule has 0 saturated heterocycles. The van der Waals surface area contributed by atoms with E-state index in [2.05, 4.69) is 4.98 Å². The Morgan fingerprint density at radius 2 is 1.80 bits per heavy atom. The Morgan fingerprint density at radius 1 is 1.25 bits per heavy atom. The molecule has 0 bridgehead atoms. The maximum absolute atomic E-state index is 12.7. The Bertz CT molecular complexity index is 524. The topological polar surface area (TPSA) is 39.9 Å². The van der Waals surface area contributed by atoms with E-state index >= 15 is 0 Å². The van der Waals surface area contributed by atoms with E-state index in [-0.39, 0.29) is 22.8 Å². The maximum Gasteiger partial charge on any atom is 0.433 e. The quantitative estimate of drug-likeness (QED) is 0.828. The van der Waals surface area contributed by atoms with Crippen LogP contribution in [0.15, 0.2) is 12.1 Å². The third-order valence-corrected chi connectivity index (χ3v) is 3.45. The average Bonchev–Trinajstić information content (AvgIpc) is 2.34. The Balaban J connectivity index is 3.32. The summed E-state index contributed by atoms with van der Waals surface area (Å²) in [6, 6.07) is 3.81. The first kappa shape index (κ1) is 16.3. The number of halogens is 3. The lowest BCUT2D eigenvalue weighted by molar-refractivity contribution is -0.141. The number of pyridine rings is 1. The van der Waals surface area contributed by atoms with Gasteiger partial charge in [0.15, 0.2) is 0 Å². The van der Waals surface area contributed by atoms with Gasteiger partial charge < -0.3 is 4.90 Å². The summed E-state index contributed by atoms with van der Waals surface area (Å²) in [7, 11) is 1.65. The van der Waals surface area contributed by atoms with Crippen molar-refractivity contribution in [1.29, 1.82) is 5.26 Å². The van der Waals surface area contributed by atoms with Crippen molar-refractivity contribution in [3.63, 3.8) is 0 Å². The first-order chi connectivity index (χ1) is 8.98. The molecule has 0 aliphatic rings. The molecule has 1 aromatic rings. The van der Waals surface area contributed by atoms with Gasteiger partial charge in [0.05, 0.1) is 5.56 Å². The summed E-state index contributed by atoms with van der Waals surface area (Å²) in [5, 5.41) is 9.05. The Hall–Kier alpha value is -1.77. The molecule has 6 heteroatoms. The predicted molar refractivity (Wildman–Crippen MR) is 71.3 cm³/mol. The van der Waals surface area contributed by atoms with E-state index in [9.17, 15) is 13.2 Å². The van der Waals surface area contributed by atoms with Crippen molar-refractivity contribution in [2.24, 2.45) is 5.41 Å². The lowest BCUT2D eigenvalue weighted by Gasteiger charge is -2.36. The molecule has 0 radical (unpaired) electrons. The number of nitriles is 1. The lowest BCUT2D eigenvalue weighted by Crippen LogP contribution is -2.40. The smallest absolute Gasteiger partial charge is 0.355 e. The third-order valence-electron chi connectivity index (χ3n) is 3.45. The van der Waals surface area contributed by atoms with Crippen LogP contribution in [-0.4, -0.2) is 18.1 Å². The first-order valence-electron chi connectivity index (χ1n) is 6.19. The lowest BCUT2D eigenvalue weighted by atomic mass is 9.87. The van der Waals surface area contributed by atoms with E-state index in [0.29, 0.717) is 0 Å². The van der Waals surface area contributed by atoms with Crippen molar-refractivity contribution >= 4 is 5.82 Å². The highest BCUT2D eigenvalue weighted by molar-refractivity contribution is 5.54. The molecule has 1 heterocycles. The zero-order valence-electron chi connectivity index (χ0n) is 12.2. The summed E-state index contributed by atoms with van der Waals surface area (Å²) in [6.45, 7) is 7.83. The van der Waals surface area contributed by atoms with Crippen LogP contribution >= 0.6 is 0 Å². The molecule has 0 aromatic carbocycles. The predicted octanol–water partition coefficient (Wildman–Crippen LogP) is 3.84. The fourth-order valence-corrected chi connectivity index (χ4v) is 1.73. The van der Waals surface area contributed by atoms with Gasteiger partial charge in [0, 0.05) is 13.1 Å². The van der Waals surface area contributed by atoms with Crippen molar-refractivity contribution in [3.8, 4) is 6.07 Å². The van der Waals surface area contributed by atoms with Crippen LogP contribution in [-0.2, 0) is 6.18 Å². The minimum absolute atomic E-state index is 0.0600. The van der Waals surface area contributed by atoms with Gasteiger partial charge in [-0.05, 0) is 24.5 Å². The Labute approximate surface area is 117 Å². The van der Waals surface area contributed by atoms with Gasteiger partial charge in [-0.25, -0.2) is 4.98 Å². The summed E-state index contributed by atoms with van der Waals surface area (Å²) in [6.07, 6.45) is -4.52. The third kappa shape index (κ3) is 3.41. The molecule has 0 fully saturated rings. The van der Waals surface area contributed by atoms with Crippen LogP contribution in [0.3, 0.4) is 0 Å². The van der Waals surface area contributed by atoms with E-state index in [0.717, 1.165) is 12.1 Å². The molecule has 20 heavy (non-hydrogen) atoms. The number of alkyl halides is 3.